The molecule has 0 radical (unpaired) electrons. The van der Waals surface area contributed by atoms with Gasteiger partial charge in [-0.1, -0.05) is 19.3 Å². The minimum Gasteiger partial charge on any atom is -0.357 e. The summed E-state index contributed by atoms with van der Waals surface area (Å²) in [4.78, 5) is 7.23. The molecule has 0 bridgehead atoms. The van der Waals surface area contributed by atoms with Crippen LogP contribution in [0.1, 0.15) is 58.3 Å². The van der Waals surface area contributed by atoms with Crippen LogP contribution in [0.25, 0.3) is 0 Å². The summed E-state index contributed by atoms with van der Waals surface area (Å²) in [5.74, 6) is 1.01. The van der Waals surface area contributed by atoms with E-state index >= 15 is 0 Å². The summed E-state index contributed by atoms with van der Waals surface area (Å²) in [5.41, 5.74) is 0. The quantitative estimate of drug-likeness (QED) is 0.295. The lowest BCUT2D eigenvalue weighted by Crippen LogP contribution is -2.39. The predicted octanol–water partition coefficient (Wildman–Crippen LogP) is 2.98. The molecule has 0 amide bonds. The van der Waals surface area contributed by atoms with Crippen LogP contribution in [0, 0.1) is 0 Å². The van der Waals surface area contributed by atoms with Crippen molar-refractivity contribution >= 4 is 29.9 Å². The Morgan fingerprint density at radius 3 is 2.48 bits per heavy atom. The zero-order chi connectivity index (χ0) is 14.2. The third kappa shape index (κ3) is 7.68. The van der Waals surface area contributed by atoms with E-state index in [1.807, 2.05) is 0 Å². The summed E-state index contributed by atoms with van der Waals surface area (Å²) in [6, 6.07) is 1.50. The van der Waals surface area contributed by atoms with Gasteiger partial charge >= 0.3 is 0 Å². The lowest BCUT2D eigenvalue weighted by molar-refractivity contribution is 0.191. The lowest BCUT2D eigenvalue weighted by atomic mass is 9.94. The number of hydrogen-bond donors (Lipinski definition) is 2. The average Bonchev–Trinajstić information content (AvgIpc) is 3.28. The summed E-state index contributed by atoms with van der Waals surface area (Å²) in [6.45, 7) is 5.18. The Balaban J connectivity index is 0.00000220. The second-order valence-corrected chi connectivity index (χ2v) is 6.31. The normalized spacial score (nSPS) is 20.2. The van der Waals surface area contributed by atoms with Crippen molar-refractivity contribution in [2.75, 3.05) is 26.7 Å². The fourth-order valence-electron chi connectivity index (χ4n) is 2.96. The third-order valence-electron chi connectivity index (χ3n) is 4.40. The van der Waals surface area contributed by atoms with Gasteiger partial charge in [0.1, 0.15) is 0 Å². The summed E-state index contributed by atoms with van der Waals surface area (Å²) >= 11 is 0. The molecule has 5 heteroatoms. The van der Waals surface area contributed by atoms with Gasteiger partial charge in [-0.05, 0) is 52.6 Å². The van der Waals surface area contributed by atoms with Crippen molar-refractivity contribution in [2.45, 2.75) is 70.4 Å². The molecule has 4 nitrogen and oxygen atoms in total. The number of halogens is 1. The van der Waals surface area contributed by atoms with Crippen LogP contribution in [0.5, 0.6) is 0 Å². The molecule has 0 aliphatic heterocycles. The molecule has 2 N–H and O–H groups in total. The highest BCUT2D eigenvalue weighted by Gasteiger charge is 2.22. The van der Waals surface area contributed by atoms with E-state index in [0.29, 0.717) is 6.04 Å². The van der Waals surface area contributed by atoms with E-state index in [0.717, 1.165) is 31.5 Å². The highest BCUT2D eigenvalue weighted by molar-refractivity contribution is 14.0. The lowest BCUT2D eigenvalue weighted by Gasteiger charge is -2.31. The molecule has 2 fully saturated rings. The van der Waals surface area contributed by atoms with Crippen LogP contribution in [0.2, 0.25) is 0 Å². The maximum absolute atomic E-state index is 4.68. The van der Waals surface area contributed by atoms with Crippen LogP contribution in [0.4, 0.5) is 0 Å². The molecule has 0 aromatic carbocycles. The van der Waals surface area contributed by atoms with Crippen LogP contribution in [-0.4, -0.2) is 49.6 Å². The monoisotopic (exact) mass is 408 g/mol. The molecule has 0 atom stereocenters. The number of aliphatic imine (C=N–C) groups is 1. The number of guanidine groups is 1. The standard InChI is InChI=1S/C16H32N4.HI/c1-3-17-16(19-14-10-11-14)18-12-7-13-20(2)15-8-5-4-6-9-15;/h14-15H,3-13H2,1-2H3,(H2,17,18,19);1H. The molecule has 0 saturated heterocycles. The summed E-state index contributed by atoms with van der Waals surface area (Å²) in [7, 11) is 2.29. The maximum Gasteiger partial charge on any atom is 0.191 e. The third-order valence-corrected chi connectivity index (χ3v) is 4.40. The molecule has 2 saturated carbocycles. The zero-order valence-corrected chi connectivity index (χ0v) is 16.1. The maximum atomic E-state index is 4.68. The largest absolute Gasteiger partial charge is 0.357 e. The molecule has 21 heavy (non-hydrogen) atoms. The Bertz CT molecular complexity index is 299. The van der Waals surface area contributed by atoms with Crippen LogP contribution in [0.3, 0.4) is 0 Å². The minimum atomic E-state index is 0. The number of hydrogen-bond acceptors (Lipinski definition) is 2. The van der Waals surface area contributed by atoms with E-state index in [-0.39, 0.29) is 24.0 Å². The number of rotatable bonds is 7. The van der Waals surface area contributed by atoms with Crippen LogP contribution in [0.15, 0.2) is 4.99 Å². The van der Waals surface area contributed by atoms with E-state index in [1.54, 1.807) is 0 Å². The van der Waals surface area contributed by atoms with Crippen molar-refractivity contribution in [3.63, 3.8) is 0 Å². The van der Waals surface area contributed by atoms with Crippen molar-refractivity contribution in [1.82, 2.24) is 15.5 Å². The molecule has 0 spiro atoms. The van der Waals surface area contributed by atoms with Gasteiger partial charge in [-0.3, -0.25) is 4.99 Å². The van der Waals surface area contributed by atoms with Gasteiger partial charge in [-0.15, -0.1) is 24.0 Å². The molecule has 2 aliphatic carbocycles. The first-order chi connectivity index (χ1) is 9.79. The van der Waals surface area contributed by atoms with Crippen molar-refractivity contribution in [3.05, 3.63) is 0 Å². The zero-order valence-electron chi connectivity index (χ0n) is 13.7. The number of nitrogens with zero attached hydrogens (tertiary/aromatic N) is 2. The first-order valence-electron chi connectivity index (χ1n) is 8.54. The Kier molecular flexibility index (Phi) is 9.64. The Morgan fingerprint density at radius 1 is 1.14 bits per heavy atom. The molecule has 124 valence electrons. The Hall–Kier alpha value is -0.0400. The van der Waals surface area contributed by atoms with Crippen LogP contribution < -0.4 is 10.6 Å². The average molecular weight is 408 g/mol. The predicted molar refractivity (Wildman–Crippen MR) is 102 cm³/mol. The Labute approximate surface area is 147 Å². The summed E-state index contributed by atoms with van der Waals surface area (Å²) < 4.78 is 0. The SMILES string of the molecule is CCNC(=NCCCN(C)C1CCCCC1)NC1CC1.I. The molecular weight excluding hydrogens is 375 g/mol. The Morgan fingerprint density at radius 2 is 1.86 bits per heavy atom. The van der Waals surface area contributed by atoms with Gasteiger partial charge in [0, 0.05) is 25.2 Å². The first kappa shape index (κ1) is 19.0. The molecule has 0 unspecified atom stereocenters. The fourth-order valence-corrected chi connectivity index (χ4v) is 2.96. The van der Waals surface area contributed by atoms with Gasteiger partial charge < -0.3 is 15.5 Å². The molecular formula is C16H33IN4. The summed E-state index contributed by atoms with van der Waals surface area (Å²) in [5, 5.41) is 6.80. The van der Waals surface area contributed by atoms with Crippen molar-refractivity contribution in [2.24, 2.45) is 4.99 Å². The van der Waals surface area contributed by atoms with E-state index in [9.17, 15) is 0 Å². The minimum absolute atomic E-state index is 0. The highest BCUT2D eigenvalue weighted by Crippen LogP contribution is 2.21. The van der Waals surface area contributed by atoms with E-state index in [4.69, 9.17) is 0 Å². The molecule has 2 rings (SSSR count). The van der Waals surface area contributed by atoms with Gasteiger partial charge in [0.05, 0.1) is 0 Å². The van der Waals surface area contributed by atoms with Crippen molar-refractivity contribution in [3.8, 4) is 0 Å². The second kappa shape index (κ2) is 10.6. The molecule has 0 aromatic rings. The van der Waals surface area contributed by atoms with Gasteiger partial charge in [0.2, 0.25) is 0 Å². The summed E-state index contributed by atoms with van der Waals surface area (Å²) in [6.07, 6.45) is 10.8. The van der Waals surface area contributed by atoms with Gasteiger partial charge in [0.25, 0.3) is 0 Å². The molecule has 2 aliphatic rings. The van der Waals surface area contributed by atoms with Crippen molar-refractivity contribution in [1.29, 1.82) is 0 Å². The highest BCUT2D eigenvalue weighted by atomic mass is 127. The number of nitrogens with one attached hydrogen (secondary N) is 2. The van der Waals surface area contributed by atoms with Gasteiger partial charge in [0.15, 0.2) is 5.96 Å². The van der Waals surface area contributed by atoms with E-state index in [2.05, 4.69) is 34.5 Å². The topological polar surface area (TPSA) is 39.7 Å². The van der Waals surface area contributed by atoms with Crippen molar-refractivity contribution < 1.29 is 0 Å². The molecule has 0 heterocycles. The van der Waals surface area contributed by atoms with Crippen LogP contribution in [-0.2, 0) is 0 Å². The van der Waals surface area contributed by atoms with E-state index < -0.39 is 0 Å². The van der Waals surface area contributed by atoms with Gasteiger partial charge in [-0.25, -0.2) is 0 Å². The van der Waals surface area contributed by atoms with E-state index in [1.165, 1.54) is 51.5 Å². The van der Waals surface area contributed by atoms with Crippen LogP contribution >= 0.6 is 24.0 Å². The fraction of sp³-hybridized carbons (Fsp3) is 0.938. The van der Waals surface area contributed by atoms with Gasteiger partial charge in [-0.2, -0.15) is 0 Å². The molecule has 0 aromatic heterocycles. The second-order valence-electron chi connectivity index (χ2n) is 6.31. The smallest absolute Gasteiger partial charge is 0.191 e. The first-order valence-corrected chi connectivity index (χ1v) is 8.54.